The Balaban J connectivity index is 1.84. The number of aromatic nitrogens is 2. The maximum atomic E-state index is 14.7. The molecule has 2 aromatic rings. The number of hydrogen-bond donors (Lipinski definition) is 0. The average molecular weight is 451 g/mol. The minimum atomic E-state index is -0.813. The first-order chi connectivity index (χ1) is 14.6. The molecular weight excluding hydrogens is 422 g/mol. The molecule has 1 fully saturated rings. The summed E-state index contributed by atoms with van der Waals surface area (Å²) in [7, 11) is 2.00. The number of carbonyl (C=O) groups is 1. The van der Waals surface area contributed by atoms with Crippen LogP contribution in [0.3, 0.4) is 0 Å². The maximum absolute atomic E-state index is 14.7. The molecule has 0 spiro atoms. The first kappa shape index (κ1) is 22.2. The quantitative estimate of drug-likeness (QED) is 0.607. The van der Waals surface area contributed by atoms with Crippen LogP contribution in [-0.2, 0) is 13.1 Å². The number of imidazole rings is 1. The van der Waals surface area contributed by atoms with Gasteiger partial charge in [-0.05, 0) is 44.3 Å². The highest BCUT2D eigenvalue weighted by atomic mass is 35.5. The van der Waals surface area contributed by atoms with Gasteiger partial charge >= 0.3 is 0 Å². The van der Waals surface area contributed by atoms with Crippen LogP contribution >= 0.6 is 11.6 Å². The van der Waals surface area contributed by atoms with Crippen LogP contribution in [0.15, 0.2) is 12.1 Å². The van der Waals surface area contributed by atoms with Gasteiger partial charge in [-0.1, -0.05) is 32.4 Å². The summed E-state index contributed by atoms with van der Waals surface area (Å²) in [4.78, 5) is 22.4. The monoisotopic (exact) mass is 450 g/mol. The molecule has 3 heterocycles. The van der Waals surface area contributed by atoms with Crippen LogP contribution < -0.4 is 0 Å². The number of amides is 1. The van der Waals surface area contributed by atoms with Crippen molar-refractivity contribution in [3.05, 3.63) is 40.2 Å². The van der Waals surface area contributed by atoms with Crippen molar-refractivity contribution < 1.29 is 13.6 Å². The fourth-order valence-electron chi connectivity index (χ4n) is 4.84. The van der Waals surface area contributed by atoms with Crippen LogP contribution in [0.4, 0.5) is 8.78 Å². The van der Waals surface area contributed by atoms with E-state index in [1.807, 2.05) is 16.5 Å². The Morgan fingerprint density at radius 3 is 2.58 bits per heavy atom. The molecule has 2 aliphatic heterocycles. The van der Waals surface area contributed by atoms with Crippen LogP contribution in [0.2, 0.25) is 5.02 Å². The summed E-state index contributed by atoms with van der Waals surface area (Å²) < 4.78 is 30.4. The molecule has 0 radical (unpaired) electrons. The average Bonchev–Trinajstić information content (AvgIpc) is 3.26. The highest BCUT2D eigenvalue weighted by Crippen LogP contribution is 2.36. The zero-order chi connectivity index (χ0) is 22.5. The predicted octanol–water partition coefficient (Wildman–Crippen LogP) is 4.97. The van der Waals surface area contributed by atoms with Crippen LogP contribution in [0, 0.1) is 17.0 Å². The van der Waals surface area contributed by atoms with Crippen LogP contribution in [-0.4, -0.2) is 51.4 Å². The highest BCUT2D eigenvalue weighted by Gasteiger charge is 2.39. The lowest BCUT2D eigenvalue weighted by molar-refractivity contribution is 0.0618. The Labute approximate surface area is 187 Å². The number of fused-ring (bicyclic) bond motifs is 1. The van der Waals surface area contributed by atoms with Crippen molar-refractivity contribution in [1.29, 1.82) is 0 Å². The molecule has 1 aromatic carbocycles. The van der Waals surface area contributed by atoms with Gasteiger partial charge < -0.3 is 14.4 Å². The second-order valence-electron chi connectivity index (χ2n) is 9.74. The van der Waals surface area contributed by atoms with Gasteiger partial charge in [-0.2, -0.15) is 0 Å². The molecule has 1 saturated heterocycles. The molecule has 0 aliphatic carbocycles. The predicted molar refractivity (Wildman–Crippen MR) is 117 cm³/mol. The molecule has 0 N–H and O–H groups in total. The molecule has 2 aliphatic rings. The third-order valence-electron chi connectivity index (χ3n) is 6.38. The number of carbonyl (C=O) groups excluding carboxylic acids is 1. The van der Waals surface area contributed by atoms with E-state index < -0.39 is 11.6 Å². The van der Waals surface area contributed by atoms with Crippen molar-refractivity contribution in [2.45, 2.75) is 59.2 Å². The Morgan fingerprint density at radius 2 is 1.87 bits per heavy atom. The Kier molecular flexibility index (Phi) is 5.85. The fourth-order valence-corrected chi connectivity index (χ4v) is 5.00. The molecular formula is C23H29ClF2N4O. The Morgan fingerprint density at radius 1 is 1.13 bits per heavy atom. The summed E-state index contributed by atoms with van der Waals surface area (Å²) in [5, 5.41) is -0.167. The highest BCUT2D eigenvalue weighted by molar-refractivity contribution is 6.31. The van der Waals surface area contributed by atoms with E-state index in [-0.39, 0.29) is 28.0 Å². The molecule has 1 aromatic heterocycles. The van der Waals surface area contributed by atoms with Gasteiger partial charge in [0.05, 0.1) is 16.3 Å². The molecule has 1 amide bonds. The molecule has 0 saturated carbocycles. The molecule has 8 heteroatoms. The number of nitrogens with zero attached hydrogens (tertiary/aromatic N) is 4. The van der Waals surface area contributed by atoms with E-state index in [1.165, 1.54) is 6.07 Å². The first-order valence-electron chi connectivity index (χ1n) is 10.8. The van der Waals surface area contributed by atoms with Crippen LogP contribution in [0.25, 0.3) is 11.4 Å². The number of likely N-dealkylation sites (tertiary alicyclic amines) is 1. The topological polar surface area (TPSA) is 41.4 Å². The van der Waals surface area contributed by atoms with E-state index in [9.17, 15) is 13.6 Å². The van der Waals surface area contributed by atoms with Gasteiger partial charge in [-0.25, -0.2) is 13.8 Å². The molecule has 4 rings (SSSR count). The lowest BCUT2D eigenvalue weighted by Crippen LogP contribution is -2.43. The molecule has 168 valence electrons. The lowest BCUT2D eigenvalue weighted by atomic mass is 9.85. The molecule has 1 atom stereocenters. The van der Waals surface area contributed by atoms with Crippen LogP contribution in [0.5, 0.6) is 0 Å². The minimum absolute atomic E-state index is 0.0426. The SMILES string of the molecule is CN1CCCn2c(-c3cc(Cl)c(F)cc3F)nc(C(=O)N3CCCC3C(C)(C)C)c2C1. The summed E-state index contributed by atoms with van der Waals surface area (Å²) in [6.45, 7) is 9.12. The van der Waals surface area contributed by atoms with Crippen molar-refractivity contribution in [2.75, 3.05) is 20.1 Å². The van der Waals surface area contributed by atoms with Crippen molar-refractivity contribution >= 4 is 17.5 Å². The van der Waals surface area contributed by atoms with Crippen molar-refractivity contribution in [3.8, 4) is 11.4 Å². The van der Waals surface area contributed by atoms with E-state index >= 15 is 0 Å². The molecule has 5 nitrogen and oxygen atoms in total. The lowest BCUT2D eigenvalue weighted by Gasteiger charge is -2.35. The number of halogens is 3. The Hall–Kier alpha value is -1.99. The summed E-state index contributed by atoms with van der Waals surface area (Å²) in [5.41, 5.74) is 1.21. The third-order valence-corrected chi connectivity index (χ3v) is 6.67. The second-order valence-corrected chi connectivity index (χ2v) is 10.1. The van der Waals surface area contributed by atoms with Gasteiger partial charge in [0, 0.05) is 31.7 Å². The number of hydrogen-bond acceptors (Lipinski definition) is 3. The van der Waals surface area contributed by atoms with E-state index in [4.69, 9.17) is 11.6 Å². The summed E-state index contributed by atoms with van der Waals surface area (Å²) in [6.07, 6.45) is 2.75. The van der Waals surface area contributed by atoms with E-state index in [0.717, 1.165) is 37.6 Å². The minimum Gasteiger partial charge on any atom is -0.334 e. The summed E-state index contributed by atoms with van der Waals surface area (Å²) >= 11 is 5.95. The van der Waals surface area contributed by atoms with Gasteiger partial charge in [0.25, 0.3) is 5.91 Å². The first-order valence-corrected chi connectivity index (χ1v) is 11.2. The zero-order valence-electron chi connectivity index (χ0n) is 18.5. The van der Waals surface area contributed by atoms with Gasteiger partial charge in [0.1, 0.15) is 17.5 Å². The molecule has 0 bridgehead atoms. The normalized spacial score (nSPS) is 20.1. The van der Waals surface area contributed by atoms with Gasteiger partial charge in [-0.3, -0.25) is 4.79 Å². The van der Waals surface area contributed by atoms with Gasteiger partial charge in [-0.15, -0.1) is 0 Å². The van der Waals surface area contributed by atoms with E-state index in [2.05, 4.69) is 30.7 Å². The fraction of sp³-hybridized carbons (Fsp3) is 0.565. The van der Waals surface area contributed by atoms with Crippen molar-refractivity contribution in [3.63, 3.8) is 0 Å². The largest absolute Gasteiger partial charge is 0.334 e. The van der Waals surface area contributed by atoms with Gasteiger partial charge in [0.15, 0.2) is 5.69 Å². The number of benzene rings is 1. The second kappa shape index (κ2) is 8.17. The van der Waals surface area contributed by atoms with Crippen molar-refractivity contribution in [2.24, 2.45) is 5.41 Å². The van der Waals surface area contributed by atoms with Gasteiger partial charge in [0.2, 0.25) is 0 Å². The maximum Gasteiger partial charge on any atom is 0.274 e. The summed E-state index contributed by atoms with van der Waals surface area (Å²) in [6, 6.07) is 2.17. The molecule has 1 unspecified atom stereocenters. The summed E-state index contributed by atoms with van der Waals surface area (Å²) in [5.74, 6) is -1.33. The number of rotatable bonds is 2. The Bertz CT molecular complexity index is 1010. The van der Waals surface area contributed by atoms with Crippen molar-refractivity contribution in [1.82, 2.24) is 19.4 Å². The smallest absolute Gasteiger partial charge is 0.274 e. The van der Waals surface area contributed by atoms with Crippen LogP contribution in [0.1, 0.15) is 56.2 Å². The van der Waals surface area contributed by atoms with E-state index in [1.54, 1.807) is 0 Å². The van der Waals surface area contributed by atoms with E-state index in [0.29, 0.717) is 31.2 Å². The standard InChI is InChI=1S/C23H29ClF2N4O/c1-23(2,3)19-7-5-9-30(19)22(31)20-18-13-28(4)8-6-10-29(18)21(27-20)14-11-15(24)17(26)12-16(14)25/h11-12,19H,5-10,13H2,1-4H3. The third kappa shape index (κ3) is 4.10. The zero-order valence-corrected chi connectivity index (χ0v) is 19.3. The molecule has 31 heavy (non-hydrogen) atoms.